The molecule has 0 aromatic carbocycles. The molecule has 1 aromatic rings. The number of hydrogen-bond donors (Lipinski definition) is 1. The predicted octanol–water partition coefficient (Wildman–Crippen LogP) is 0.0802. The third kappa shape index (κ3) is 5.24. The largest absolute Gasteiger partial charge is 0.480 e. The highest BCUT2D eigenvalue weighted by Crippen LogP contribution is 2.04. The van der Waals surface area contributed by atoms with Gasteiger partial charge in [-0.05, 0) is 14.1 Å². The number of aryl methyl sites for hydroxylation is 1. The molecule has 1 heterocycles. The molecule has 1 rings (SSSR count). The van der Waals surface area contributed by atoms with E-state index in [-0.39, 0.29) is 6.54 Å². The molecule has 0 bridgehead atoms. The van der Waals surface area contributed by atoms with Gasteiger partial charge in [-0.2, -0.15) is 0 Å². The lowest BCUT2D eigenvalue weighted by Crippen LogP contribution is -2.35. The summed E-state index contributed by atoms with van der Waals surface area (Å²) in [6.07, 6.45) is 0.684. The van der Waals surface area contributed by atoms with Crippen molar-refractivity contribution in [1.82, 2.24) is 20.0 Å². The summed E-state index contributed by atoms with van der Waals surface area (Å²) in [5.41, 5.74) is 0. The molecule has 0 aliphatic rings. The van der Waals surface area contributed by atoms with Gasteiger partial charge in [0.05, 0.1) is 13.1 Å². The van der Waals surface area contributed by atoms with Crippen LogP contribution in [0.25, 0.3) is 0 Å². The van der Waals surface area contributed by atoms with Crippen LogP contribution in [0.5, 0.6) is 0 Å². The highest BCUT2D eigenvalue weighted by Gasteiger charge is 2.14. The van der Waals surface area contributed by atoms with Crippen molar-refractivity contribution in [2.24, 2.45) is 0 Å². The standard InChI is InChI=1S/C11H20N4O3/c1-4-9-12-13-10(18-9)7-15(8-11(16)17)6-5-14(2)3/h4-8H2,1-3H3,(H,16,17). The van der Waals surface area contributed by atoms with Crippen molar-refractivity contribution in [3.63, 3.8) is 0 Å². The van der Waals surface area contributed by atoms with Gasteiger partial charge in [-0.3, -0.25) is 9.69 Å². The van der Waals surface area contributed by atoms with Crippen LogP contribution in [0.15, 0.2) is 4.42 Å². The van der Waals surface area contributed by atoms with Crippen LogP contribution in [0.4, 0.5) is 0 Å². The summed E-state index contributed by atoms with van der Waals surface area (Å²) >= 11 is 0. The van der Waals surface area contributed by atoms with E-state index >= 15 is 0 Å². The molecule has 102 valence electrons. The van der Waals surface area contributed by atoms with Gasteiger partial charge >= 0.3 is 5.97 Å². The second-order valence-electron chi connectivity index (χ2n) is 4.35. The highest BCUT2D eigenvalue weighted by atomic mass is 16.4. The summed E-state index contributed by atoms with van der Waals surface area (Å²) in [4.78, 5) is 14.6. The summed E-state index contributed by atoms with van der Waals surface area (Å²) in [6, 6.07) is 0. The lowest BCUT2D eigenvalue weighted by molar-refractivity contribution is -0.138. The zero-order valence-electron chi connectivity index (χ0n) is 11.1. The Labute approximate surface area is 106 Å². The van der Waals surface area contributed by atoms with Crippen molar-refractivity contribution in [3.05, 3.63) is 11.8 Å². The van der Waals surface area contributed by atoms with E-state index in [1.165, 1.54) is 0 Å². The van der Waals surface area contributed by atoms with E-state index in [0.717, 1.165) is 6.54 Å². The number of carbonyl (C=O) groups is 1. The maximum atomic E-state index is 10.8. The fraction of sp³-hybridized carbons (Fsp3) is 0.727. The monoisotopic (exact) mass is 256 g/mol. The van der Waals surface area contributed by atoms with Crippen molar-refractivity contribution in [1.29, 1.82) is 0 Å². The Balaban J connectivity index is 2.56. The third-order valence-corrected chi connectivity index (χ3v) is 2.39. The molecule has 0 aliphatic carbocycles. The quantitative estimate of drug-likeness (QED) is 0.705. The molecular weight excluding hydrogens is 236 g/mol. The molecule has 7 heteroatoms. The van der Waals surface area contributed by atoms with Gasteiger partial charge < -0.3 is 14.4 Å². The Bertz CT molecular complexity index is 378. The second kappa shape index (κ2) is 7.07. The van der Waals surface area contributed by atoms with Crippen LogP contribution < -0.4 is 0 Å². The zero-order chi connectivity index (χ0) is 13.5. The summed E-state index contributed by atoms with van der Waals surface area (Å²) in [5, 5.41) is 16.6. The van der Waals surface area contributed by atoms with Crippen molar-refractivity contribution < 1.29 is 14.3 Å². The summed E-state index contributed by atoms with van der Waals surface area (Å²) < 4.78 is 5.38. The zero-order valence-corrected chi connectivity index (χ0v) is 11.1. The fourth-order valence-corrected chi connectivity index (χ4v) is 1.43. The molecule has 0 amide bonds. The first-order valence-electron chi connectivity index (χ1n) is 5.91. The van der Waals surface area contributed by atoms with Crippen LogP contribution in [0.2, 0.25) is 0 Å². The minimum atomic E-state index is -0.857. The van der Waals surface area contributed by atoms with Gasteiger partial charge in [0.25, 0.3) is 0 Å². The van der Waals surface area contributed by atoms with Crippen LogP contribution in [0.3, 0.4) is 0 Å². The number of likely N-dealkylation sites (N-methyl/N-ethyl adjacent to an activating group) is 1. The van der Waals surface area contributed by atoms with E-state index in [9.17, 15) is 4.79 Å². The number of hydrogen-bond acceptors (Lipinski definition) is 6. The van der Waals surface area contributed by atoms with Gasteiger partial charge in [0.2, 0.25) is 11.8 Å². The molecular formula is C11H20N4O3. The molecule has 1 N–H and O–H groups in total. The van der Waals surface area contributed by atoms with Crippen LogP contribution in [-0.4, -0.2) is 64.8 Å². The Hall–Kier alpha value is -1.47. The fourth-order valence-electron chi connectivity index (χ4n) is 1.43. The predicted molar refractivity (Wildman–Crippen MR) is 65.1 cm³/mol. The normalized spacial score (nSPS) is 11.4. The molecule has 18 heavy (non-hydrogen) atoms. The summed E-state index contributed by atoms with van der Waals surface area (Å²) in [7, 11) is 3.89. The van der Waals surface area contributed by atoms with Gasteiger partial charge in [-0.15, -0.1) is 10.2 Å². The van der Waals surface area contributed by atoms with Crippen LogP contribution in [-0.2, 0) is 17.8 Å². The maximum Gasteiger partial charge on any atom is 0.317 e. The van der Waals surface area contributed by atoms with Crippen LogP contribution in [0, 0.1) is 0 Å². The topological polar surface area (TPSA) is 82.7 Å². The second-order valence-corrected chi connectivity index (χ2v) is 4.35. The van der Waals surface area contributed by atoms with Gasteiger partial charge in [-0.25, -0.2) is 0 Å². The number of carboxylic acid groups (broad SMARTS) is 1. The number of nitrogens with zero attached hydrogens (tertiary/aromatic N) is 4. The van der Waals surface area contributed by atoms with Gasteiger partial charge in [0.1, 0.15) is 0 Å². The first-order chi connectivity index (χ1) is 8.51. The number of aromatic nitrogens is 2. The summed E-state index contributed by atoms with van der Waals surface area (Å²) in [6.45, 7) is 3.69. The molecule has 1 aromatic heterocycles. The first kappa shape index (κ1) is 14.6. The van der Waals surface area contributed by atoms with Crippen molar-refractivity contribution in [2.75, 3.05) is 33.7 Å². The van der Waals surface area contributed by atoms with Crippen LogP contribution >= 0.6 is 0 Å². The molecule has 0 radical (unpaired) electrons. The number of aliphatic carboxylic acids is 1. The van der Waals surface area contributed by atoms with E-state index in [0.29, 0.717) is 31.3 Å². The molecule has 0 fully saturated rings. The number of rotatable bonds is 8. The van der Waals surface area contributed by atoms with Crippen LogP contribution in [0.1, 0.15) is 18.7 Å². The molecule has 0 unspecified atom stereocenters. The lowest BCUT2D eigenvalue weighted by Gasteiger charge is -2.20. The van der Waals surface area contributed by atoms with Gasteiger partial charge in [0, 0.05) is 19.5 Å². The smallest absolute Gasteiger partial charge is 0.317 e. The number of carboxylic acids is 1. The van der Waals surface area contributed by atoms with E-state index in [1.54, 1.807) is 4.90 Å². The molecule has 0 aliphatic heterocycles. The Morgan fingerprint density at radius 2 is 1.94 bits per heavy atom. The Kier molecular flexibility index (Phi) is 5.73. The summed E-state index contributed by atoms with van der Waals surface area (Å²) in [5.74, 6) is 0.184. The molecule has 7 nitrogen and oxygen atoms in total. The molecule has 0 saturated heterocycles. The maximum absolute atomic E-state index is 10.8. The molecule has 0 atom stereocenters. The average molecular weight is 256 g/mol. The Morgan fingerprint density at radius 1 is 1.28 bits per heavy atom. The van der Waals surface area contributed by atoms with Crippen molar-refractivity contribution in [3.8, 4) is 0 Å². The van der Waals surface area contributed by atoms with E-state index in [4.69, 9.17) is 9.52 Å². The molecule has 0 saturated carbocycles. The Morgan fingerprint density at radius 3 is 2.44 bits per heavy atom. The lowest BCUT2D eigenvalue weighted by atomic mass is 10.4. The SMILES string of the molecule is CCc1nnc(CN(CCN(C)C)CC(=O)O)o1. The van der Waals surface area contributed by atoms with Crippen molar-refractivity contribution in [2.45, 2.75) is 19.9 Å². The minimum Gasteiger partial charge on any atom is -0.480 e. The van der Waals surface area contributed by atoms with E-state index in [2.05, 4.69) is 10.2 Å². The van der Waals surface area contributed by atoms with Gasteiger partial charge in [0.15, 0.2) is 0 Å². The minimum absolute atomic E-state index is 0.0301. The highest BCUT2D eigenvalue weighted by molar-refractivity contribution is 5.69. The average Bonchev–Trinajstić information content (AvgIpc) is 2.73. The van der Waals surface area contributed by atoms with Crippen molar-refractivity contribution >= 4 is 5.97 Å². The first-order valence-corrected chi connectivity index (χ1v) is 5.91. The van der Waals surface area contributed by atoms with E-state index < -0.39 is 5.97 Å². The van der Waals surface area contributed by atoms with E-state index in [1.807, 2.05) is 25.9 Å². The van der Waals surface area contributed by atoms with Gasteiger partial charge in [-0.1, -0.05) is 6.92 Å². The third-order valence-electron chi connectivity index (χ3n) is 2.39. The molecule has 0 spiro atoms.